The summed E-state index contributed by atoms with van der Waals surface area (Å²) in [6.45, 7) is 9.95. The van der Waals surface area contributed by atoms with E-state index in [1.54, 1.807) is 0 Å². The van der Waals surface area contributed by atoms with E-state index in [0.717, 1.165) is 0 Å². The second-order valence-electron chi connectivity index (χ2n) is 18.4. The molecule has 1 saturated carbocycles. The number of anilines is 4. The second kappa shape index (κ2) is 10.7. The highest BCUT2D eigenvalue weighted by Gasteiger charge is 2.58. The predicted octanol–water partition coefficient (Wildman–Crippen LogP) is 12.1. The molecule has 0 radical (unpaired) electrons. The Morgan fingerprint density at radius 2 is 1.19 bits per heavy atom. The van der Waals surface area contributed by atoms with Crippen LogP contribution in [0.4, 0.5) is 22.7 Å². The van der Waals surface area contributed by atoms with Crippen molar-refractivity contribution in [1.82, 2.24) is 4.57 Å². The van der Waals surface area contributed by atoms with Crippen molar-refractivity contribution < 1.29 is 0 Å². The Balaban J connectivity index is 1.23. The maximum Gasteiger partial charge on any atom is 0.333 e. The number of nitrogens with zero attached hydrogens (tertiary/aromatic N) is 3. The van der Waals surface area contributed by atoms with Crippen molar-refractivity contribution in [2.45, 2.75) is 69.7 Å². The summed E-state index contributed by atoms with van der Waals surface area (Å²) in [5, 5.41) is 2.70. The minimum absolute atomic E-state index is 0.0214. The molecule has 1 aromatic heterocycles. The fourth-order valence-corrected chi connectivity index (χ4v) is 12.7. The second-order valence-corrected chi connectivity index (χ2v) is 18.4. The van der Waals surface area contributed by atoms with Gasteiger partial charge in [-0.1, -0.05) is 137 Å². The molecule has 0 bridgehead atoms. The van der Waals surface area contributed by atoms with Gasteiger partial charge in [0.2, 0.25) is 0 Å². The van der Waals surface area contributed by atoms with Crippen LogP contribution in [0.25, 0.3) is 49.7 Å². The number of rotatable bonds is 2. The average Bonchev–Trinajstić information content (AvgIpc) is 3.79. The molecule has 3 aliphatic heterocycles. The van der Waals surface area contributed by atoms with E-state index in [9.17, 15) is 0 Å². The Morgan fingerprint density at radius 3 is 2.04 bits per heavy atom. The minimum Gasteiger partial charge on any atom is -0.376 e. The lowest BCUT2D eigenvalue weighted by atomic mass is 9.43. The molecule has 1 fully saturated rings. The van der Waals surface area contributed by atoms with Gasteiger partial charge in [-0.05, 0) is 107 Å². The van der Waals surface area contributed by atoms with Crippen LogP contribution in [0.2, 0.25) is 0 Å². The number of fused-ring (bicyclic) bond motifs is 14. The summed E-state index contributed by atoms with van der Waals surface area (Å²) in [5.74, 6) is 0. The third-order valence-electron chi connectivity index (χ3n) is 15.5. The largest absolute Gasteiger partial charge is 0.376 e. The van der Waals surface area contributed by atoms with Gasteiger partial charge in [-0.15, -0.1) is 0 Å². The molecule has 57 heavy (non-hydrogen) atoms. The van der Waals surface area contributed by atoms with Gasteiger partial charge in [0, 0.05) is 49.9 Å². The Labute approximate surface area is 335 Å². The summed E-state index contributed by atoms with van der Waals surface area (Å²) in [7, 11) is 0. The quantitative estimate of drug-likeness (QED) is 0.164. The van der Waals surface area contributed by atoms with Crippen molar-refractivity contribution in [2.75, 3.05) is 9.71 Å². The number of hydrogen-bond acceptors (Lipinski definition) is 2. The lowest BCUT2D eigenvalue weighted by Crippen LogP contribution is -2.61. The molecular formula is C53H44BN3. The zero-order valence-corrected chi connectivity index (χ0v) is 33.1. The van der Waals surface area contributed by atoms with Crippen LogP contribution in [0, 0.1) is 0 Å². The monoisotopic (exact) mass is 733 g/mol. The van der Waals surface area contributed by atoms with Crippen LogP contribution in [0.1, 0.15) is 70.1 Å². The zero-order valence-electron chi connectivity index (χ0n) is 33.1. The molecule has 3 nitrogen and oxygen atoms in total. The zero-order chi connectivity index (χ0) is 38.0. The molecule has 0 N–H and O–H groups in total. The molecule has 5 aliphatic rings. The molecule has 0 amide bonds. The SMILES string of the molecule is CC1(C)c2ccccc2-c2cc3c(cc21)B1c2c(cc(N4c5ccccc5C5(C)CCCCC45C)c4c5ccccc5n-3c24)-c2ccccc2N1c1ccccc1. The summed E-state index contributed by atoms with van der Waals surface area (Å²) in [6, 6.07) is 55.9. The third-order valence-corrected chi connectivity index (χ3v) is 15.5. The molecule has 4 heterocycles. The summed E-state index contributed by atoms with van der Waals surface area (Å²) in [4.78, 5) is 5.48. The van der Waals surface area contributed by atoms with E-state index in [-0.39, 0.29) is 23.2 Å². The predicted molar refractivity (Wildman–Crippen MR) is 240 cm³/mol. The summed E-state index contributed by atoms with van der Waals surface area (Å²) in [6.07, 6.45) is 4.90. The van der Waals surface area contributed by atoms with Gasteiger partial charge in [0.1, 0.15) is 0 Å². The standard InChI is InChI=1S/C53H44BN3/c1-51(2)39-23-11-8-20-34(39)37-30-46-42(32-41(37)51)54-49-38(35-21-9-14-26-44(35)57(54)33-18-6-5-7-19-33)31-47(48-36-22-10-13-25-43(36)55(46)50(48)49)56-45-27-15-12-24-40(45)52(3)28-16-17-29-53(52,56)4/h5-15,18-27,30-32H,16-17,28-29H2,1-4H3. The van der Waals surface area contributed by atoms with Gasteiger partial charge in [0.25, 0.3) is 0 Å². The van der Waals surface area contributed by atoms with Gasteiger partial charge in [-0.2, -0.15) is 0 Å². The Morgan fingerprint density at radius 1 is 0.526 bits per heavy atom. The van der Waals surface area contributed by atoms with Gasteiger partial charge in [0.05, 0.1) is 22.3 Å². The molecule has 8 aromatic rings. The smallest absolute Gasteiger partial charge is 0.333 e. The Hall–Kier alpha value is -6.00. The van der Waals surface area contributed by atoms with E-state index in [0.29, 0.717) is 0 Å². The minimum atomic E-state index is -0.114. The van der Waals surface area contributed by atoms with Crippen LogP contribution < -0.4 is 20.6 Å². The van der Waals surface area contributed by atoms with Crippen molar-refractivity contribution in [3.05, 3.63) is 162 Å². The molecule has 4 heteroatoms. The molecule has 7 aromatic carbocycles. The molecule has 274 valence electrons. The van der Waals surface area contributed by atoms with E-state index >= 15 is 0 Å². The van der Waals surface area contributed by atoms with E-state index in [2.05, 4.69) is 188 Å². The van der Waals surface area contributed by atoms with Crippen LogP contribution in [0.5, 0.6) is 0 Å². The lowest BCUT2D eigenvalue weighted by Gasteiger charge is -2.51. The maximum absolute atomic E-state index is 2.83. The highest BCUT2D eigenvalue weighted by atomic mass is 15.3. The first-order chi connectivity index (χ1) is 27.8. The fraction of sp³-hybridized carbons (Fsp3) is 0.208. The van der Waals surface area contributed by atoms with Crippen LogP contribution in [0.15, 0.2) is 146 Å². The maximum atomic E-state index is 2.83. The van der Waals surface area contributed by atoms with E-state index in [1.807, 2.05) is 0 Å². The van der Waals surface area contributed by atoms with Gasteiger partial charge in [-0.3, -0.25) is 0 Å². The van der Waals surface area contributed by atoms with E-state index in [4.69, 9.17) is 0 Å². The van der Waals surface area contributed by atoms with Gasteiger partial charge in [-0.25, -0.2) is 0 Å². The van der Waals surface area contributed by atoms with Gasteiger partial charge >= 0.3 is 6.85 Å². The van der Waals surface area contributed by atoms with Gasteiger partial charge < -0.3 is 14.3 Å². The Kier molecular flexibility index (Phi) is 6.02. The van der Waals surface area contributed by atoms with Crippen molar-refractivity contribution >= 4 is 62.3 Å². The molecule has 0 saturated heterocycles. The first-order valence-corrected chi connectivity index (χ1v) is 21.0. The van der Waals surface area contributed by atoms with Crippen molar-refractivity contribution in [3.63, 3.8) is 0 Å². The molecule has 2 atom stereocenters. The summed E-state index contributed by atoms with van der Waals surface area (Å²) >= 11 is 0. The van der Waals surface area contributed by atoms with Crippen molar-refractivity contribution in [2.24, 2.45) is 0 Å². The summed E-state index contributed by atoms with van der Waals surface area (Å²) in [5.41, 5.74) is 21.5. The number of para-hydroxylation sites is 4. The third kappa shape index (κ3) is 3.72. The van der Waals surface area contributed by atoms with Crippen LogP contribution in [-0.2, 0) is 10.8 Å². The molecular weight excluding hydrogens is 689 g/mol. The van der Waals surface area contributed by atoms with Crippen molar-refractivity contribution in [3.8, 4) is 27.9 Å². The highest BCUT2D eigenvalue weighted by molar-refractivity contribution is 6.93. The Bertz CT molecular complexity index is 3070. The van der Waals surface area contributed by atoms with Crippen LogP contribution in [-0.4, -0.2) is 17.0 Å². The topological polar surface area (TPSA) is 11.4 Å². The van der Waals surface area contributed by atoms with E-state index in [1.165, 1.54) is 126 Å². The van der Waals surface area contributed by atoms with Crippen LogP contribution >= 0.6 is 0 Å². The highest BCUT2D eigenvalue weighted by Crippen LogP contribution is 2.62. The molecule has 0 spiro atoms. The number of aromatic nitrogens is 1. The average molecular weight is 734 g/mol. The fourth-order valence-electron chi connectivity index (χ4n) is 12.7. The lowest BCUT2D eigenvalue weighted by molar-refractivity contribution is 0.195. The molecule has 2 aliphatic carbocycles. The van der Waals surface area contributed by atoms with Gasteiger partial charge in [0.15, 0.2) is 0 Å². The first-order valence-electron chi connectivity index (χ1n) is 21.0. The summed E-state index contributed by atoms with van der Waals surface area (Å²) < 4.78 is 2.68. The molecule has 13 rings (SSSR count). The number of hydrogen-bond donors (Lipinski definition) is 0. The number of benzene rings is 7. The van der Waals surface area contributed by atoms with Crippen molar-refractivity contribution in [1.29, 1.82) is 0 Å². The first kappa shape index (κ1) is 32.1. The van der Waals surface area contributed by atoms with Crippen LogP contribution in [0.3, 0.4) is 0 Å². The van der Waals surface area contributed by atoms with E-state index < -0.39 is 0 Å². The normalized spacial score (nSPS) is 21.6. The molecule has 2 unspecified atom stereocenters.